The summed E-state index contributed by atoms with van der Waals surface area (Å²) in [6.07, 6.45) is 0. The molecule has 0 aliphatic carbocycles. The van der Waals surface area contributed by atoms with Gasteiger partial charge < -0.3 is 15.4 Å². The summed E-state index contributed by atoms with van der Waals surface area (Å²) in [5.74, 6) is 0.847. The van der Waals surface area contributed by atoms with Crippen molar-refractivity contribution in [2.24, 2.45) is 0 Å². The molecule has 116 valence electrons. The van der Waals surface area contributed by atoms with Crippen LogP contribution in [0.25, 0.3) is 0 Å². The van der Waals surface area contributed by atoms with Crippen molar-refractivity contribution < 1.29 is 9.53 Å². The van der Waals surface area contributed by atoms with Gasteiger partial charge in [0, 0.05) is 10.7 Å². The van der Waals surface area contributed by atoms with Crippen molar-refractivity contribution in [1.29, 1.82) is 0 Å². The standard InChI is InChI=1S/C17H19ClN2O2/c1-12-3-4-13(2)16(11-12)22-10-9-19-17(21)20-15-7-5-14(18)6-8-15/h3-8,11H,9-10H2,1-2H3,(H2,19,20,21). The molecule has 0 aliphatic heterocycles. The first-order valence-corrected chi connectivity index (χ1v) is 7.43. The minimum Gasteiger partial charge on any atom is -0.491 e. The number of amides is 2. The average molecular weight is 319 g/mol. The molecule has 2 N–H and O–H groups in total. The molecule has 0 atom stereocenters. The van der Waals surface area contributed by atoms with E-state index in [9.17, 15) is 4.79 Å². The van der Waals surface area contributed by atoms with Crippen molar-refractivity contribution >= 4 is 23.3 Å². The molecule has 0 aromatic heterocycles. The topological polar surface area (TPSA) is 50.4 Å². The third-order valence-electron chi connectivity index (χ3n) is 3.09. The molecule has 2 rings (SSSR count). The molecule has 0 heterocycles. The number of nitrogens with one attached hydrogen (secondary N) is 2. The molecule has 0 fully saturated rings. The van der Waals surface area contributed by atoms with E-state index in [1.807, 2.05) is 32.0 Å². The first-order valence-electron chi connectivity index (χ1n) is 7.05. The van der Waals surface area contributed by atoms with Gasteiger partial charge in [-0.1, -0.05) is 23.7 Å². The van der Waals surface area contributed by atoms with Gasteiger partial charge in [0.1, 0.15) is 12.4 Å². The number of aryl methyl sites for hydroxylation is 2. The molecule has 22 heavy (non-hydrogen) atoms. The minimum atomic E-state index is -0.271. The second-order valence-corrected chi connectivity index (χ2v) is 5.44. The molecule has 0 saturated heterocycles. The largest absolute Gasteiger partial charge is 0.491 e. The zero-order valence-electron chi connectivity index (χ0n) is 12.7. The molecular weight excluding hydrogens is 300 g/mol. The van der Waals surface area contributed by atoms with Gasteiger partial charge in [0.2, 0.25) is 0 Å². The molecule has 4 nitrogen and oxygen atoms in total. The van der Waals surface area contributed by atoms with Crippen LogP contribution in [0.3, 0.4) is 0 Å². The number of anilines is 1. The Bertz CT molecular complexity index is 642. The third kappa shape index (κ3) is 4.97. The number of carbonyl (C=O) groups is 1. The van der Waals surface area contributed by atoms with Crippen molar-refractivity contribution in [3.63, 3.8) is 0 Å². The van der Waals surface area contributed by atoms with Gasteiger partial charge in [-0.15, -0.1) is 0 Å². The Hall–Kier alpha value is -2.20. The highest BCUT2D eigenvalue weighted by Crippen LogP contribution is 2.18. The molecule has 0 unspecified atom stereocenters. The second kappa shape index (κ2) is 7.71. The summed E-state index contributed by atoms with van der Waals surface area (Å²) in [7, 11) is 0. The zero-order chi connectivity index (χ0) is 15.9. The van der Waals surface area contributed by atoms with Crippen molar-refractivity contribution in [3.05, 3.63) is 58.6 Å². The molecule has 0 aliphatic rings. The number of benzene rings is 2. The number of ether oxygens (including phenoxy) is 1. The molecule has 0 saturated carbocycles. The SMILES string of the molecule is Cc1ccc(C)c(OCCNC(=O)Nc2ccc(Cl)cc2)c1. The third-order valence-corrected chi connectivity index (χ3v) is 3.34. The lowest BCUT2D eigenvalue weighted by Gasteiger charge is -2.11. The van der Waals surface area contributed by atoms with Gasteiger partial charge in [0.25, 0.3) is 0 Å². The van der Waals surface area contributed by atoms with Gasteiger partial charge >= 0.3 is 6.03 Å². The van der Waals surface area contributed by atoms with Gasteiger partial charge in [0.15, 0.2) is 0 Å². The summed E-state index contributed by atoms with van der Waals surface area (Å²) >= 11 is 5.79. The van der Waals surface area contributed by atoms with E-state index in [1.54, 1.807) is 24.3 Å². The summed E-state index contributed by atoms with van der Waals surface area (Å²) in [6, 6.07) is 12.7. The summed E-state index contributed by atoms with van der Waals surface area (Å²) < 4.78 is 5.67. The first kappa shape index (κ1) is 16.2. The van der Waals surface area contributed by atoms with Crippen molar-refractivity contribution in [3.8, 4) is 5.75 Å². The van der Waals surface area contributed by atoms with Crippen LogP contribution in [0.2, 0.25) is 5.02 Å². The monoisotopic (exact) mass is 318 g/mol. The van der Waals surface area contributed by atoms with E-state index in [-0.39, 0.29) is 6.03 Å². The van der Waals surface area contributed by atoms with Crippen LogP contribution in [0.4, 0.5) is 10.5 Å². The van der Waals surface area contributed by atoms with Gasteiger partial charge in [-0.05, 0) is 55.3 Å². The van der Waals surface area contributed by atoms with Crippen LogP contribution in [-0.4, -0.2) is 19.2 Å². The quantitative estimate of drug-likeness (QED) is 0.813. The Kier molecular flexibility index (Phi) is 5.67. The summed E-state index contributed by atoms with van der Waals surface area (Å²) in [5.41, 5.74) is 2.92. The molecule has 0 bridgehead atoms. The maximum atomic E-state index is 11.7. The molecule has 0 radical (unpaired) electrons. The number of halogens is 1. The van der Waals surface area contributed by atoms with Crippen molar-refractivity contribution in [1.82, 2.24) is 5.32 Å². The number of rotatable bonds is 5. The van der Waals surface area contributed by atoms with Crippen LogP contribution < -0.4 is 15.4 Å². The maximum absolute atomic E-state index is 11.7. The van der Waals surface area contributed by atoms with Crippen LogP contribution in [0.5, 0.6) is 5.75 Å². The smallest absolute Gasteiger partial charge is 0.319 e. The zero-order valence-corrected chi connectivity index (χ0v) is 13.4. The Morgan fingerprint density at radius 3 is 2.59 bits per heavy atom. The van der Waals surface area contributed by atoms with Crippen LogP contribution in [0.15, 0.2) is 42.5 Å². The molecular formula is C17H19ClN2O2. The predicted octanol–water partition coefficient (Wildman–Crippen LogP) is 4.16. The maximum Gasteiger partial charge on any atom is 0.319 e. The predicted molar refractivity (Wildman–Crippen MR) is 89.9 cm³/mol. The fourth-order valence-corrected chi connectivity index (χ4v) is 2.02. The Morgan fingerprint density at radius 1 is 1.14 bits per heavy atom. The lowest BCUT2D eigenvalue weighted by molar-refractivity contribution is 0.247. The van der Waals surface area contributed by atoms with E-state index in [2.05, 4.69) is 10.6 Å². The Labute approximate surface area is 135 Å². The highest BCUT2D eigenvalue weighted by atomic mass is 35.5. The van der Waals surface area contributed by atoms with E-state index in [4.69, 9.17) is 16.3 Å². The van der Waals surface area contributed by atoms with Gasteiger partial charge in [0.05, 0.1) is 6.54 Å². The highest BCUT2D eigenvalue weighted by molar-refractivity contribution is 6.30. The van der Waals surface area contributed by atoms with Gasteiger partial charge in [-0.3, -0.25) is 0 Å². The van der Waals surface area contributed by atoms with Crippen LogP contribution in [-0.2, 0) is 0 Å². The van der Waals surface area contributed by atoms with E-state index in [0.717, 1.165) is 16.9 Å². The van der Waals surface area contributed by atoms with Gasteiger partial charge in [-0.25, -0.2) is 4.79 Å². The minimum absolute atomic E-state index is 0.271. The van der Waals surface area contributed by atoms with Crippen LogP contribution in [0, 0.1) is 13.8 Å². The fourth-order valence-electron chi connectivity index (χ4n) is 1.90. The number of hydrogen-bond acceptors (Lipinski definition) is 2. The Balaban J connectivity index is 1.73. The van der Waals surface area contributed by atoms with Crippen LogP contribution >= 0.6 is 11.6 Å². The lowest BCUT2D eigenvalue weighted by Crippen LogP contribution is -2.32. The first-order chi connectivity index (χ1) is 10.5. The summed E-state index contributed by atoms with van der Waals surface area (Å²) in [6.45, 7) is 4.85. The number of urea groups is 1. The van der Waals surface area contributed by atoms with Crippen LogP contribution in [0.1, 0.15) is 11.1 Å². The normalized spacial score (nSPS) is 10.1. The molecule has 2 aromatic rings. The highest BCUT2D eigenvalue weighted by Gasteiger charge is 2.02. The molecule has 0 spiro atoms. The van der Waals surface area contributed by atoms with E-state index < -0.39 is 0 Å². The summed E-state index contributed by atoms with van der Waals surface area (Å²) in [5, 5.41) is 6.10. The molecule has 2 aromatic carbocycles. The molecule has 5 heteroatoms. The van der Waals surface area contributed by atoms with Gasteiger partial charge in [-0.2, -0.15) is 0 Å². The van der Waals surface area contributed by atoms with E-state index in [1.165, 1.54) is 0 Å². The number of carbonyl (C=O) groups excluding carboxylic acids is 1. The second-order valence-electron chi connectivity index (χ2n) is 5.01. The van der Waals surface area contributed by atoms with Crippen molar-refractivity contribution in [2.75, 3.05) is 18.5 Å². The lowest BCUT2D eigenvalue weighted by atomic mass is 10.1. The number of hydrogen-bond donors (Lipinski definition) is 2. The van der Waals surface area contributed by atoms with Crippen molar-refractivity contribution in [2.45, 2.75) is 13.8 Å². The van der Waals surface area contributed by atoms with E-state index >= 15 is 0 Å². The fraction of sp³-hybridized carbons (Fsp3) is 0.235. The Morgan fingerprint density at radius 2 is 1.86 bits per heavy atom. The average Bonchev–Trinajstić information content (AvgIpc) is 2.49. The molecule has 2 amide bonds. The summed E-state index contributed by atoms with van der Waals surface area (Å²) in [4.78, 5) is 11.7. The van der Waals surface area contributed by atoms with E-state index in [0.29, 0.717) is 23.9 Å².